The van der Waals surface area contributed by atoms with Gasteiger partial charge in [0.05, 0.1) is 19.3 Å². The van der Waals surface area contributed by atoms with Gasteiger partial charge in [0.1, 0.15) is 5.82 Å². The fraction of sp³-hybridized carbons (Fsp3) is 0.412. The number of morpholine rings is 1. The molecule has 1 fully saturated rings. The fourth-order valence-electron chi connectivity index (χ4n) is 2.55. The highest BCUT2D eigenvalue weighted by atomic mass is 19.1. The fourth-order valence-corrected chi connectivity index (χ4v) is 2.55. The number of anilines is 1. The van der Waals surface area contributed by atoms with Crippen LogP contribution in [-0.2, 0) is 11.3 Å². The first kappa shape index (κ1) is 16.8. The standard InChI is InChI=1S/C17H21FN4O2/c18-15-3-1-2-14(8-15)16(23)12-19-9-13-10-20-17(21-11-13)22-4-6-24-7-5-22/h1-3,8,10-11,16,19,23H,4-7,9,12H2. The normalized spacial score (nSPS) is 16.2. The van der Waals surface area contributed by atoms with E-state index in [1.807, 2.05) is 0 Å². The maximum atomic E-state index is 13.1. The molecule has 7 heteroatoms. The lowest BCUT2D eigenvalue weighted by Gasteiger charge is -2.26. The minimum absolute atomic E-state index is 0.328. The molecule has 2 N–H and O–H groups in total. The van der Waals surface area contributed by atoms with Crippen LogP contribution in [0.5, 0.6) is 0 Å². The smallest absolute Gasteiger partial charge is 0.225 e. The molecular formula is C17H21FN4O2. The van der Waals surface area contributed by atoms with E-state index in [2.05, 4.69) is 20.2 Å². The first-order valence-corrected chi connectivity index (χ1v) is 8.00. The SMILES string of the molecule is OC(CNCc1cnc(N2CCOCC2)nc1)c1cccc(F)c1. The molecular weight excluding hydrogens is 311 g/mol. The quantitative estimate of drug-likeness (QED) is 0.830. The molecule has 1 atom stereocenters. The maximum Gasteiger partial charge on any atom is 0.225 e. The zero-order valence-electron chi connectivity index (χ0n) is 13.4. The Morgan fingerprint density at radius 3 is 2.71 bits per heavy atom. The third kappa shape index (κ3) is 4.47. The van der Waals surface area contributed by atoms with Gasteiger partial charge in [0.15, 0.2) is 0 Å². The van der Waals surface area contributed by atoms with E-state index in [0.717, 1.165) is 18.7 Å². The van der Waals surface area contributed by atoms with Crippen LogP contribution in [-0.4, -0.2) is 47.9 Å². The summed E-state index contributed by atoms with van der Waals surface area (Å²) in [6, 6.07) is 5.99. The molecule has 1 unspecified atom stereocenters. The lowest BCUT2D eigenvalue weighted by molar-refractivity contribution is 0.122. The van der Waals surface area contributed by atoms with Gasteiger partial charge in [-0.05, 0) is 17.7 Å². The van der Waals surface area contributed by atoms with Crippen LogP contribution in [0.3, 0.4) is 0 Å². The van der Waals surface area contributed by atoms with E-state index in [1.165, 1.54) is 12.1 Å². The number of benzene rings is 1. The number of aromatic nitrogens is 2. The van der Waals surface area contributed by atoms with E-state index in [0.29, 0.717) is 37.8 Å². The van der Waals surface area contributed by atoms with E-state index < -0.39 is 6.10 Å². The highest BCUT2D eigenvalue weighted by molar-refractivity contribution is 5.30. The maximum absolute atomic E-state index is 13.1. The molecule has 3 rings (SSSR count). The number of aliphatic hydroxyl groups excluding tert-OH is 1. The Balaban J connectivity index is 1.48. The van der Waals surface area contributed by atoms with Crippen LogP contribution in [0.4, 0.5) is 10.3 Å². The highest BCUT2D eigenvalue weighted by Crippen LogP contribution is 2.13. The number of hydrogen-bond donors (Lipinski definition) is 2. The van der Waals surface area contributed by atoms with E-state index in [4.69, 9.17) is 4.74 Å². The number of aliphatic hydroxyl groups is 1. The van der Waals surface area contributed by atoms with Gasteiger partial charge in [-0.3, -0.25) is 0 Å². The van der Waals surface area contributed by atoms with Gasteiger partial charge in [-0.1, -0.05) is 12.1 Å². The van der Waals surface area contributed by atoms with Gasteiger partial charge in [0, 0.05) is 44.1 Å². The van der Waals surface area contributed by atoms with Crippen LogP contribution < -0.4 is 10.2 Å². The summed E-state index contributed by atoms with van der Waals surface area (Å²) in [6.07, 6.45) is 2.80. The Hall–Kier alpha value is -2.09. The average Bonchev–Trinajstić information content (AvgIpc) is 2.63. The van der Waals surface area contributed by atoms with E-state index in [9.17, 15) is 9.50 Å². The van der Waals surface area contributed by atoms with Gasteiger partial charge in [-0.2, -0.15) is 0 Å². The number of nitrogens with zero attached hydrogens (tertiary/aromatic N) is 3. The summed E-state index contributed by atoms with van der Waals surface area (Å²) < 4.78 is 18.5. The molecule has 0 saturated carbocycles. The Bertz CT molecular complexity index is 647. The second-order valence-corrected chi connectivity index (χ2v) is 5.69. The molecule has 2 heterocycles. The molecule has 0 spiro atoms. The molecule has 1 aromatic heterocycles. The topological polar surface area (TPSA) is 70.5 Å². The van der Waals surface area contributed by atoms with Gasteiger partial charge >= 0.3 is 0 Å². The monoisotopic (exact) mass is 332 g/mol. The summed E-state index contributed by atoms with van der Waals surface area (Å²) in [6.45, 7) is 3.87. The minimum atomic E-state index is -0.755. The number of rotatable bonds is 6. The summed E-state index contributed by atoms with van der Waals surface area (Å²) in [5.74, 6) is 0.362. The predicted molar refractivity (Wildman–Crippen MR) is 88.1 cm³/mol. The van der Waals surface area contributed by atoms with Gasteiger partial charge in [0.25, 0.3) is 0 Å². The van der Waals surface area contributed by atoms with Gasteiger partial charge in [-0.25, -0.2) is 14.4 Å². The van der Waals surface area contributed by atoms with Crippen LogP contribution in [0.25, 0.3) is 0 Å². The Kier molecular flexibility index (Phi) is 5.68. The third-order valence-electron chi connectivity index (χ3n) is 3.89. The van der Waals surface area contributed by atoms with Gasteiger partial charge in [-0.15, -0.1) is 0 Å². The number of ether oxygens (including phenoxy) is 1. The lowest BCUT2D eigenvalue weighted by Crippen LogP contribution is -2.37. The Morgan fingerprint density at radius 1 is 1.25 bits per heavy atom. The largest absolute Gasteiger partial charge is 0.387 e. The first-order chi connectivity index (χ1) is 11.7. The predicted octanol–water partition coefficient (Wildman–Crippen LogP) is 1.28. The molecule has 1 aliphatic rings. The summed E-state index contributed by atoms with van der Waals surface area (Å²) in [5.41, 5.74) is 1.49. The van der Waals surface area contributed by atoms with Crippen LogP contribution in [0.1, 0.15) is 17.2 Å². The molecule has 1 aromatic carbocycles. The number of halogens is 1. The molecule has 0 bridgehead atoms. The Labute approximate surface area is 140 Å². The van der Waals surface area contributed by atoms with Crippen molar-refractivity contribution in [3.63, 3.8) is 0 Å². The summed E-state index contributed by atoms with van der Waals surface area (Å²) in [5, 5.41) is 13.2. The zero-order valence-corrected chi connectivity index (χ0v) is 13.4. The van der Waals surface area contributed by atoms with Crippen LogP contribution in [0.15, 0.2) is 36.7 Å². The zero-order chi connectivity index (χ0) is 16.8. The van der Waals surface area contributed by atoms with Crippen molar-refractivity contribution in [1.29, 1.82) is 0 Å². The van der Waals surface area contributed by atoms with Crippen molar-refractivity contribution in [2.24, 2.45) is 0 Å². The lowest BCUT2D eigenvalue weighted by atomic mass is 10.1. The van der Waals surface area contributed by atoms with Crippen molar-refractivity contribution < 1.29 is 14.2 Å². The number of hydrogen-bond acceptors (Lipinski definition) is 6. The van der Waals surface area contributed by atoms with Crippen molar-refractivity contribution in [2.45, 2.75) is 12.6 Å². The first-order valence-electron chi connectivity index (χ1n) is 8.00. The van der Waals surface area contributed by atoms with Crippen molar-refractivity contribution >= 4 is 5.95 Å². The van der Waals surface area contributed by atoms with E-state index in [1.54, 1.807) is 24.5 Å². The molecule has 2 aromatic rings. The van der Waals surface area contributed by atoms with Crippen LogP contribution >= 0.6 is 0 Å². The van der Waals surface area contributed by atoms with Crippen molar-refractivity contribution in [2.75, 3.05) is 37.7 Å². The summed E-state index contributed by atoms with van der Waals surface area (Å²) >= 11 is 0. The third-order valence-corrected chi connectivity index (χ3v) is 3.89. The summed E-state index contributed by atoms with van der Waals surface area (Å²) in [7, 11) is 0. The molecule has 1 saturated heterocycles. The van der Waals surface area contributed by atoms with Crippen molar-refractivity contribution in [3.05, 3.63) is 53.6 Å². The molecule has 24 heavy (non-hydrogen) atoms. The van der Waals surface area contributed by atoms with Crippen LogP contribution in [0.2, 0.25) is 0 Å². The minimum Gasteiger partial charge on any atom is -0.387 e. The summed E-state index contributed by atoms with van der Waals surface area (Å²) in [4.78, 5) is 10.8. The second kappa shape index (κ2) is 8.14. The highest BCUT2D eigenvalue weighted by Gasteiger charge is 2.13. The average molecular weight is 332 g/mol. The van der Waals surface area contributed by atoms with E-state index in [-0.39, 0.29) is 5.82 Å². The van der Waals surface area contributed by atoms with E-state index >= 15 is 0 Å². The second-order valence-electron chi connectivity index (χ2n) is 5.69. The molecule has 128 valence electrons. The molecule has 1 aliphatic heterocycles. The van der Waals surface area contributed by atoms with Crippen molar-refractivity contribution in [1.82, 2.24) is 15.3 Å². The Morgan fingerprint density at radius 2 is 2.00 bits per heavy atom. The number of nitrogens with one attached hydrogen (secondary N) is 1. The van der Waals surface area contributed by atoms with Crippen LogP contribution in [0, 0.1) is 5.82 Å². The molecule has 0 amide bonds. The molecule has 0 aliphatic carbocycles. The van der Waals surface area contributed by atoms with Crippen molar-refractivity contribution in [3.8, 4) is 0 Å². The van der Waals surface area contributed by atoms with Gasteiger partial charge in [0.2, 0.25) is 5.95 Å². The molecule has 0 radical (unpaired) electrons. The van der Waals surface area contributed by atoms with Gasteiger partial charge < -0.3 is 20.1 Å². The molecule has 6 nitrogen and oxygen atoms in total.